The van der Waals surface area contributed by atoms with Gasteiger partial charge in [-0.1, -0.05) is 40.0 Å². The van der Waals surface area contributed by atoms with Crippen molar-refractivity contribution in [3.05, 3.63) is 62.7 Å². The number of rotatable bonds is 8. The number of nitrogens with one attached hydrogen (secondary N) is 2. The largest absolute Gasteiger partial charge is 0.482 e. The molecule has 0 radical (unpaired) electrons. The number of ether oxygens (including phenoxy) is 1. The Morgan fingerprint density at radius 1 is 1.16 bits per heavy atom. The topological polar surface area (TPSA) is 106 Å². The molecule has 1 aliphatic rings. The summed E-state index contributed by atoms with van der Waals surface area (Å²) in [5, 5.41) is 9.32. The molecule has 1 atom stereocenters. The number of aromatic nitrogens is 2. The van der Waals surface area contributed by atoms with Crippen molar-refractivity contribution in [1.82, 2.24) is 20.8 Å². The van der Waals surface area contributed by atoms with Crippen LogP contribution in [0.1, 0.15) is 47.7 Å². The Bertz CT molecular complexity index is 1390. The molecule has 3 aromatic rings. The van der Waals surface area contributed by atoms with E-state index in [2.05, 4.69) is 20.8 Å². The first-order chi connectivity index (χ1) is 17.8. The number of halogens is 6. The summed E-state index contributed by atoms with van der Waals surface area (Å²) in [5.41, 5.74) is -0.272. The molecule has 8 nitrogen and oxygen atoms in total. The van der Waals surface area contributed by atoms with E-state index < -0.39 is 36.2 Å². The lowest BCUT2D eigenvalue weighted by molar-refractivity contribution is -0.153. The van der Waals surface area contributed by atoms with Crippen LogP contribution >= 0.6 is 34.8 Å². The zero-order chi connectivity index (χ0) is 27.8. The molecule has 0 bridgehead atoms. The molecule has 2 N–H and O–H groups in total. The van der Waals surface area contributed by atoms with E-state index in [1.165, 1.54) is 30.5 Å². The van der Waals surface area contributed by atoms with Crippen molar-refractivity contribution in [2.45, 2.75) is 44.4 Å². The molecule has 0 saturated heterocycles. The van der Waals surface area contributed by atoms with Gasteiger partial charge in [-0.15, -0.1) is 0 Å². The van der Waals surface area contributed by atoms with Gasteiger partial charge in [-0.3, -0.25) is 14.6 Å². The first kappa shape index (κ1) is 28.0. The van der Waals surface area contributed by atoms with Gasteiger partial charge in [0, 0.05) is 28.4 Å². The third kappa shape index (κ3) is 6.33. The van der Waals surface area contributed by atoms with Crippen molar-refractivity contribution in [2.24, 2.45) is 0 Å². The van der Waals surface area contributed by atoms with E-state index in [-0.39, 0.29) is 32.1 Å². The molecule has 14 heteroatoms. The summed E-state index contributed by atoms with van der Waals surface area (Å²) < 4.78 is 48.1. The zero-order valence-electron chi connectivity index (χ0n) is 19.9. The summed E-state index contributed by atoms with van der Waals surface area (Å²) in [6.45, 7) is 1.74. The lowest BCUT2D eigenvalue weighted by atomic mass is 10.0. The SMILES string of the molecule is Cc1cc(C(=O)NC2(C(=O)N[C@H](C)c3ncc(-c4cc(Cl)cc(Cl)c4OCC(F)(F)F)cc3Cl)CC2)no1. The van der Waals surface area contributed by atoms with E-state index in [1.807, 2.05) is 0 Å². The fourth-order valence-corrected chi connectivity index (χ4v) is 4.56. The second-order valence-electron chi connectivity index (χ2n) is 8.81. The van der Waals surface area contributed by atoms with Crippen LogP contribution in [0.25, 0.3) is 11.1 Å². The van der Waals surface area contributed by atoms with Crippen molar-refractivity contribution in [3.8, 4) is 16.9 Å². The fourth-order valence-electron chi connectivity index (χ4n) is 3.68. The smallest absolute Gasteiger partial charge is 0.422 e. The highest BCUT2D eigenvalue weighted by Gasteiger charge is 2.52. The van der Waals surface area contributed by atoms with Crippen LogP contribution in [0.5, 0.6) is 5.75 Å². The second-order valence-corrected chi connectivity index (χ2v) is 10.1. The van der Waals surface area contributed by atoms with Crippen molar-refractivity contribution in [2.75, 3.05) is 6.61 Å². The number of alkyl halides is 3. The molecular formula is C24H20Cl3F3N4O4. The van der Waals surface area contributed by atoms with E-state index in [0.717, 1.165) is 0 Å². The van der Waals surface area contributed by atoms with Crippen molar-refractivity contribution in [3.63, 3.8) is 0 Å². The Labute approximate surface area is 229 Å². The number of aryl methyl sites for hydroxylation is 1. The molecule has 4 rings (SSSR count). The Hall–Kier alpha value is -3.02. The standard InChI is InChI=1S/C24H20Cl3F3N4O4/c1-11-5-18(34-38-11)21(35)33-23(3-4-23)22(36)32-12(2)19-16(26)6-13(9-31-19)15-7-14(25)8-17(27)20(15)37-10-24(28,29)30/h5-9,12H,3-4,10H2,1-2H3,(H,32,36)(H,33,35)/t12-/m1/s1. The molecule has 38 heavy (non-hydrogen) atoms. The van der Waals surface area contributed by atoms with Gasteiger partial charge in [-0.2, -0.15) is 13.2 Å². The van der Waals surface area contributed by atoms with Crippen LogP contribution in [0.3, 0.4) is 0 Å². The van der Waals surface area contributed by atoms with E-state index in [4.69, 9.17) is 44.1 Å². The van der Waals surface area contributed by atoms with Crippen LogP contribution < -0.4 is 15.4 Å². The molecule has 1 fully saturated rings. The van der Waals surface area contributed by atoms with Crippen molar-refractivity contribution in [1.29, 1.82) is 0 Å². The summed E-state index contributed by atoms with van der Waals surface area (Å²) in [5.74, 6) is -0.730. The summed E-state index contributed by atoms with van der Waals surface area (Å²) in [7, 11) is 0. The monoisotopic (exact) mass is 590 g/mol. The van der Waals surface area contributed by atoms with E-state index in [9.17, 15) is 22.8 Å². The molecule has 1 aromatic carbocycles. The van der Waals surface area contributed by atoms with Crippen LogP contribution in [0.15, 0.2) is 35.0 Å². The molecule has 1 saturated carbocycles. The van der Waals surface area contributed by atoms with Crippen LogP contribution in [0.2, 0.25) is 15.1 Å². The molecule has 202 valence electrons. The van der Waals surface area contributed by atoms with Gasteiger partial charge in [0.25, 0.3) is 5.91 Å². The third-order valence-electron chi connectivity index (χ3n) is 5.73. The van der Waals surface area contributed by atoms with E-state index in [0.29, 0.717) is 29.9 Å². The maximum absolute atomic E-state index is 13.0. The molecule has 0 aliphatic heterocycles. The van der Waals surface area contributed by atoms with Gasteiger partial charge in [-0.25, -0.2) is 0 Å². The predicted molar refractivity (Wildman–Crippen MR) is 133 cm³/mol. The van der Waals surface area contributed by atoms with Crippen LogP contribution in [-0.2, 0) is 4.79 Å². The number of carbonyl (C=O) groups excluding carboxylic acids is 2. The van der Waals surface area contributed by atoms with E-state index in [1.54, 1.807) is 13.8 Å². The predicted octanol–water partition coefficient (Wildman–Crippen LogP) is 6.09. The number of pyridine rings is 1. The van der Waals surface area contributed by atoms with Crippen LogP contribution in [0.4, 0.5) is 13.2 Å². The summed E-state index contributed by atoms with van der Waals surface area (Å²) in [6.07, 6.45) is -2.36. The Morgan fingerprint density at radius 3 is 2.45 bits per heavy atom. The van der Waals surface area contributed by atoms with Gasteiger partial charge in [-0.05, 0) is 44.9 Å². The van der Waals surface area contributed by atoms with Crippen molar-refractivity contribution < 1.29 is 32.0 Å². The first-order valence-electron chi connectivity index (χ1n) is 11.2. The summed E-state index contributed by atoms with van der Waals surface area (Å²) >= 11 is 18.6. The minimum absolute atomic E-state index is 0.0645. The van der Waals surface area contributed by atoms with Gasteiger partial charge >= 0.3 is 6.18 Å². The average molecular weight is 592 g/mol. The molecule has 0 spiro atoms. The fraction of sp³-hybridized carbons (Fsp3) is 0.333. The quantitative estimate of drug-likeness (QED) is 0.329. The number of hydrogen-bond donors (Lipinski definition) is 2. The lowest BCUT2D eigenvalue weighted by Crippen LogP contribution is -2.49. The van der Waals surface area contributed by atoms with Crippen molar-refractivity contribution >= 4 is 46.6 Å². The van der Waals surface area contributed by atoms with Crippen LogP contribution in [-0.4, -0.2) is 40.3 Å². The second kappa shape index (κ2) is 10.6. The number of hydrogen-bond acceptors (Lipinski definition) is 6. The van der Waals surface area contributed by atoms with Gasteiger partial charge in [0.2, 0.25) is 5.91 Å². The Kier molecular flexibility index (Phi) is 7.83. The number of benzene rings is 1. The molecule has 0 unspecified atom stereocenters. The number of carbonyl (C=O) groups is 2. The number of amides is 2. The van der Waals surface area contributed by atoms with Gasteiger partial charge in [0.05, 0.1) is 21.8 Å². The van der Waals surface area contributed by atoms with Gasteiger partial charge in [0.15, 0.2) is 12.3 Å². The Morgan fingerprint density at radius 2 is 1.87 bits per heavy atom. The highest BCUT2D eigenvalue weighted by molar-refractivity contribution is 6.36. The Balaban J connectivity index is 1.50. The summed E-state index contributed by atoms with van der Waals surface area (Å²) in [4.78, 5) is 29.7. The lowest BCUT2D eigenvalue weighted by Gasteiger charge is -2.21. The maximum Gasteiger partial charge on any atom is 0.422 e. The molecule has 2 heterocycles. The average Bonchev–Trinajstić information content (AvgIpc) is 3.47. The molecular weight excluding hydrogens is 572 g/mol. The van der Waals surface area contributed by atoms with E-state index >= 15 is 0 Å². The van der Waals surface area contributed by atoms with Crippen LogP contribution in [0, 0.1) is 6.92 Å². The summed E-state index contributed by atoms with van der Waals surface area (Å²) in [6, 6.07) is 4.89. The third-order valence-corrected chi connectivity index (χ3v) is 6.53. The number of nitrogens with zero attached hydrogens (tertiary/aromatic N) is 2. The molecule has 2 amide bonds. The van der Waals surface area contributed by atoms with Gasteiger partial charge < -0.3 is 19.9 Å². The minimum Gasteiger partial charge on any atom is -0.482 e. The highest BCUT2D eigenvalue weighted by atomic mass is 35.5. The van der Waals surface area contributed by atoms with Gasteiger partial charge in [0.1, 0.15) is 17.0 Å². The first-order valence-corrected chi connectivity index (χ1v) is 12.3. The molecule has 1 aliphatic carbocycles. The zero-order valence-corrected chi connectivity index (χ0v) is 22.1. The molecule has 2 aromatic heterocycles. The highest BCUT2D eigenvalue weighted by Crippen LogP contribution is 2.41. The minimum atomic E-state index is -4.58. The maximum atomic E-state index is 13.0. The normalized spacial score (nSPS) is 15.1.